The summed E-state index contributed by atoms with van der Waals surface area (Å²) in [5.74, 6) is -0.235. The molecule has 1 amide bonds. The zero-order valence-electron chi connectivity index (χ0n) is 12.3. The summed E-state index contributed by atoms with van der Waals surface area (Å²) in [5, 5.41) is 2.70. The molecule has 0 saturated heterocycles. The van der Waals surface area contributed by atoms with Crippen molar-refractivity contribution in [2.45, 2.75) is 12.6 Å². The molecule has 5 heteroatoms. The van der Waals surface area contributed by atoms with Crippen molar-refractivity contribution in [3.8, 4) is 0 Å². The second-order valence-electron chi connectivity index (χ2n) is 4.98. The highest BCUT2D eigenvalue weighted by atomic mass is 19.4. The maximum absolute atomic E-state index is 12.4. The van der Waals surface area contributed by atoms with Crippen LogP contribution in [0.3, 0.4) is 0 Å². The van der Waals surface area contributed by atoms with Crippen molar-refractivity contribution >= 4 is 12.0 Å². The van der Waals surface area contributed by atoms with E-state index < -0.39 is 11.7 Å². The number of amides is 1. The first kappa shape index (κ1) is 16.8. The molecule has 0 spiro atoms. The summed E-state index contributed by atoms with van der Waals surface area (Å²) in [5.41, 5.74) is 0.992. The highest BCUT2D eigenvalue weighted by Gasteiger charge is 2.29. The first-order chi connectivity index (χ1) is 10.9. The third kappa shape index (κ3) is 5.62. The second-order valence-corrected chi connectivity index (χ2v) is 4.98. The average Bonchev–Trinajstić information content (AvgIpc) is 2.53. The number of nitrogens with one attached hydrogen (secondary N) is 1. The Bertz CT molecular complexity index is 661. The summed E-state index contributed by atoms with van der Waals surface area (Å²) in [6, 6.07) is 14.4. The van der Waals surface area contributed by atoms with Crippen LogP contribution in [0, 0.1) is 0 Å². The third-order valence-electron chi connectivity index (χ3n) is 3.22. The molecule has 0 saturated carbocycles. The van der Waals surface area contributed by atoms with Gasteiger partial charge in [-0.2, -0.15) is 13.2 Å². The molecule has 0 aromatic heterocycles. The molecule has 0 aliphatic rings. The van der Waals surface area contributed by atoms with Gasteiger partial charge in [0.25, 0.3) is 0 Å². The SMILES string of the molecule is O=C(/C=C/c1ccccc1)NCCc1ccc(C(F)(F)F)cc1. The van der Waals surface area contributed by atoms with Gasteiger partial charge in [-0.05, 0) is 35.8 Å². The molecule has 2 rings (SSSR count). The van der Waals surface area contributed by atoms with E-state index in [1.807, 2.05) is 30.3 Å². The predicted octanol–water partition coefficient (Wildman–Crippen LogP) is 4.08. The summed E-state index contributed by atoms with van der Waals surface area (Å²) in [6.07, 6.45) is -0.715. The molecule has 0 aliphatic carbocycles. The van der Waals surface area contributed by atoms with Gasteiger partial charge in [0.15, 0.2) is 0 Å². The van der Waals surface area contributed by atoms with Crippen molar-refractivity contribution in [3.63, 3.8) is 0 Å². The van der Waals surface area contributed by atoms with Crippen molar-refractivity contribution in [2.24, 2.45) is 0 Å². The molecule has 2 aromatic rings. The van der Waals surface area contributed by atoms with Crippen LogP contribution in [0.5, 0.6) is 0 Å². The molecule has 0 unspecified atom stereocenters. The smallest absolute Gasteiger partial charge is 0.352 e. The lowest BCUT2D eigenvalue weighted by Crippen LogP contribution is -2.23. The van der Waals surface area contributed by atoms with Gasteiger partial charge in [-0.15, -0.1) is 0 Å². The number of carbonyl (C=O) groups excluding carboxylic acids is 1. The fraction of sp³-hybridized carbons (Fsp3) is 0.167. The van der Waals surface area contributed by atoms with Crippen molar-refractivity contribution < 1.29 is 18.0 Å². The Balaban J connectivity index is 1.78. The maximum atomic E-state index is 12.4. The van der Waals surface area contributed by atoms with E-state index in [2.05, 4.69) is 5.32 Å². The third-order valence-corrected chi connectivity index (χ3v) is 3.22. The maximum Gasteiger partial charge on any atom is 0.416 e. The van der Waals surface area contributed by atoms with Crippen LogP contribution in [0.2, 0.25) is 0 Å². The number of benzene rings is 2. The van der Waals surface area contributed by atoms with Gasteiger partial charge in [-0.3, -0.25) is 4.79 Å². The van der Waals surface area contributed by atoms with Gasteiger partial charge in [-0.1, -0.05) is 42.5 Å². The van der Waals surface area contributed by atoms with Crippen LogP contribution in [0.15, 0.2) is 60.7 Å². The van der Waals surface area contributed by atoms with Crippen molar-refractivity contribution in [1.82, 2.24) is 5.32 Å². The lowest BCUT2D eigenvalue weighted by atomic mass is 10.1. The molecular weight excluding hydrogens is 303 g/mol. The highest BCUT2D eigenvalue weighted by Crippen LogP contribution is 2.29. The Morgan fingerprint density at radius 1 is 1.00 bits per heavy atom. The van der Waals surface area contributed by atoms with Gasteiger partial charge >= 0.3 is 6.18 Å². The number of hydrogen-bond acceptors (Lipinski definition) is 1. The Morgan fingerprint density at radius 2 is 1.65 bits per heavy atom. The van der Waals surface area contributed by atoms with Gasteiger partial charge in [0, 0.05) is 12.6 Å². The van der Waals surface area contributed by atoms with Crippen LogP contribution >= 0.6 is 0 Å². The van der Waals surface area contributed by atoms with Crippen LogP contribution in [0.4, 0.5) is 13.2 Å². The Kier molecular flexibility index (Phi) is 5.57. The second kappa shape index (κ2) is 7.63. The number of rotatable bonds is 5. The molecule has 23 heavy (non-hydrogen) atoms. The lowest BCUT2D eigenvalue weighted by Gasteiger charge is -2.07. The van der Waals surface area contributed by atoms with E-state index in [-0.39, 0.29) is 5.91 Å². The molecule has 0 radical (unpaired) electrons. The van der Waals surface area contributed by atoms with Gasteiger partial charge in [0.05, 0.1) is 5.56 Å². The van der Waals surface area contributed by atoms with Gasteiger partial charge in [0.1, 0.15) is 0 Å². The minimum atomic E-state index is -4.32. The minimum Gasteiger partial charge on any atom is -0.352 e. The van der Waals surface area contributed by atoms with Crippen LogP contribution in [0.25, 0.3) is 6.08 Å². The van der Waals surface area contributed by atoms with Crippen molar-refractivity contribution in [3.05, 3.63) is 77.4 Å². The summed E-state index contributed by atoms with van der Waals surface area (Å²) >= 11 is 0. The van der Waals surface area contributed by atoms with E-state index in [0.29, 0.717) is 13.0 Å². The summed E-state index contributed by atoms with van der Waals surface area (Å²) in [6.45, 7) is 0.364. The Morgan fingerprint density at radius 3 is 2.26 bits per heavy atom. The van der Waals surface area contributed by atoms with Gasteiger partial charge in [0.2, 0.25) is 5.91 Å². The molecule has 120 valence electrons. The van der Waals surface area contributed by atoms with E-state index in [0.717, 1.165) is 23.3 Å². The summed E-state index contributed by atoms with van der Waals surface area (Å²) < 4.78 is 37.3. The number of alkyl halides is 3. The van der Waals surface area contributed by atoms with Crippen LogP contribution in [0.1, 0.15) is 16.7 Å². The number of carbonyl (C=O) groups is 1. The average molecular weight is 319 g/mol. The van der Waals surface area contributed by atoms with E-state index in [4.69, 9.17) is 0 Å². The van der Waals surface area contributed by atoms with Crippen molar-refractivity contribution in [1.29, 1.82) is 0 Å². The minimum absolute atomic E-state index is 0.235. The fourth-order valence-corrected chi connectivity index (χ4v) is 1.99. The monoisotopic (exact) mass is 319 g/mol. The summed E-state index contributed by atoms with van der Waals surface area (Å²) in [7, 11) is 0. The molecule has 0 bridgehead atoms. The first-order valence-corrected chi connectivity index (χ1v) is 7.12. The fourth-order valence-electron chi connectivity index (χ4n) is 1.99. The Hall–Kier alpha value is -2.56. The largest absolute Gasteiger partial charge is 0.416 e. The van der Waals surface area contributed by atoms with E-state index in [1.165, 1.54) is 18.2 Å². The van der Waals surface area contributed by atoms with Crippen LogP contribution in [-0.4, -0.2) is 12.5 Å². The van der Waals surface area contributed by atoms with Crippen molar-refractivity contribution in [2.75, 3.05) is 6.54 Å². The highest BCUT2D eigenvalue weighted by molar-refractivity contribution is 5.91. The molecule has 0 fully saturated rings. The Labute approximate surface area is 132 Å². The molecule has 2 nitrogen and oxygen atoms in total. The first-order valence-electron chi connectivity index (χ1n) is 7.12. The van der Waals surface area contributed by atoms with Gasteiger partial charge in [-0.25, -0.2) is 0 Å². The molecular formula is C18H16F3NO. The quantitative estimate of drug-likeness (QED) is 0.827. The normalized spacial score (nSPS) is 11.6. The van der Waals surface area contributed by atoms with E-state index in [9.17, 15) is 18.0 Å². The predicted molar refractivity (Wildman–Crippen MR) is 83.6 cm³/mol. The number of halogens is 3. The molecule has 2 aromatic carbocycles. The van der Waals surface area contributed by atoms with E-state index in [1.54, 1.807) is 6.08 Å². The number of hydrogen-bond donors (Lipinski definition) is 1. The van der Waals surface area contributed by atoms with Crippen LogP contribution < -0.4 is 5.32 Å². The van der Waals surface area contributed by atoms with Gasteiger partial charge < -0.3 is 5.32 Å². The zero-order valence-corrected chi connectivity index (χ0v) is 12.3. The molecule has 0 heterocycles. The topological polar surface area (TPSA) is 29.1 Å². The zero-order chi connectivity index (χ0) is 16.7. The molecule has 0 atom stereocenters. The van der Waals surface area contributed by atoms with E-state index >= 15 is 0 Å². The summed E-state index contributed by atoms with van der Waals surface area (Å²) in [4.78, 5) is 11.6. The van der Waals surface area contributed by atoms with Crippen LogP contribution in [-0.2, 0) is 17.4 Å². The standard InChI is InChI=1S/C18H16F3NO/c19-18(20,21)16-9-6-15(7-10-16)12-13-22-17(23)11-8-14-4-2-1-3-5-14/h1-11H,12-13H2,(H,22,23)/b11-8+. The molecule has 0 aliphatic heterocycles. The molecule has 1 N–H and O–H groups in total. The lowest BCUT2D eigenvalue weighted by molar-refractivity contribution is -0.137.